The van der Waals surface area contributed by atoms with Crippen molar-refractivity contribution in [1.82, 2.24) is 9.97 Å². The molecule has 0 aliphatic heterocycles. The lowest BCUT2D eigenvalue weighted by Gasteiger charge is -2.06. The zero-order valence-electron chi connectivity index (χ0n) is 12.1. The van der Waals surface area contributed by atoms with Crippen molar-refractivity contribution in [2.75, 3.05) is 0 Å². The fourth-order valence-corrected chi connectivity index (χ4v) is 2.93. The second-order valence-corrected chi connectivity index (χ2v) is 6.06. The van der Waals surface area contributed by atoms with E-state index in [0.29, 0.717) is 12.1 Å². The second-order valence-electron chi connectivity index (χ2n) is 5.00. The van der Waals surface area contributed by atoms with Crippen molar-refractivity contribution < 1.29 is 4.79 Å². The van der Waals surface area contributed by atoms with Gasteiger partial charge in [-0.15, -0.1) is 11.3 Å². The maximum absolute atomic E-state index is 11.4. The van der Waals surface area contributed by atoms with Crippen LogP contribution >= 0.6 is 11.3 Å². The lowest BCUT2D eigenvalue weighted by molar-refractivity contribution is 0.0994. The van der Waals surface area contributed by atoms with Crippen LogP contribution in [0, 0.1) is 6.92 Å². The Balaban J connectivity index is 1.84. The molecule has 1 aromatic carbocycles. The zero-order chi connectivity index (χ0) is 15.5. The number of carbonyl (C=O) groups is 1. The summed E-state index contributed by atoms with van der Waals surface area (Å²) in [5, 5.41) is 3.11. The maximum Gasteiger partial charge on any atom is 0.267 e. The summed E-state index contributed by atoms with van der Waals surface area (Å²) in [6.07, 6.45) is 2.21. The first-order valence-electron chi connectivity index (χ1n) is 6.88. The summed E-state index contributed by atoms with van der Waals surface area (Å²) >= 11 is 1.64. The number of rotatable bonds is 4. The second kappa shape index (κ2) is 6.07. The lowest BCUT2D eigenvalue weighted by atomic mass is 10.0. The number of aromatic nitrogens is 2. The van der Waals surface area contributed by atoms with Gasteiger partial charge in [-0.25, -0.2) is 4.98 Å². The third-order valence-electron chi connectivity index (χ3n) is 3.39. The highest BCUT2D eigenvalue weighted by Gasteiger charge is 2.10. The Morgan fingerprint density at radius 3 is 2.64 bits per heavy atom. The molecule has 0 aliphatic rings. The summed E-state index contributed by atoms with van der Waals surface area (Å²) in [5.74, 6) is -0.495. The van der Waals surface area contributed by atoms with Gasteiger partial charge in [-0.3, -0.25) is 9.78 Å². The summed E-state index contributed by atoms with van der Waals surface area (Å²) in [4.78, 5) is 19.9. The molecule has 3 rings (SSSR count). The largest absolute Gasteiger partial charge is 0.364 e. The minimum absolute atomic E-state index is 0.335. The average Bonchev–Trinajstić information content (AvgIpc) is 2.95. The van der Waals surface area contributed by atoms with Gasteiger partial charge in [-0.2, -0.15) is 0 Å². The Hall–Kier alpha value is -2.53. The summed E-state index contributed by atoms with van der Waals surface area (Å²) in [6.45, 7) is 2.00. The van der Waals surface area contributed by atoms with Gasteiger partial charge in [0.2, 0.25) is 0 Å². The van der Waals surface area contributed by atoms with E-state index in [1.165, 1.54) is 0 Å². The molecule has 2 aromatic heterocycles. The highest BCUT2D eigenvalue weighted by Crippen LogP contribution is 2.22. The number of primary amides is 1. The molecule has 1 amide bonds. The van der Waals surface area contributed by atoms with Crippen molar-refractivity contribution in [2.24, 2.45) is 5.73 Å². The first-order chi connectivity index (χ1) is 10.6. The van der Waals surface area contributed by atoms with Gasteiger partial charge in [0.15, 0.2) is 0 Å². The van der Waals surface area contributed by atoms with Gasteiger partial charge in [-0.1, -0.05) is 30.3 Å². The number of hydrogen-bond acceptors (Lipinski definition) is 4. The van der Waals surface area contributed by atoms with Gasteiger partial charge in [0.1, 0.15) is 5.69 Å². The third-order valence-corrected chi connectivity index (χ3v) is 4.16. The molecule has 0 spiro atoms. The van der Waals surface area contributed by atoms with Crippen molar-refractivity contribution in [1.29, 1.82) is 0 Å². The molecule has 0 atom stereocenters. The van der Waals surface area contributed by atoms with Gasteiger partial charge in [0.25, 0.3) is 5.91 Å². The molecule has 3 aromatic rings. The van der Waals surface area contributed by atoms with Crippen molar-refractivity contribution >= 4 is 17.2 Å². The first kappa shape index (κ1) is 14.4. The molecular weight excluding hydrogens is 294 g/mol. The van der Waals surface area contributed by atoms with Crippen molar-refractivity contribution in [2.45, 2.75) is 13.3 Å². The number of benzene rings is 1. The Bertz CT molecular complexity index is 809. The Kier molecular flexibility index (Phi) is 3.98. The van der Waals surface area contributed by atoms with E-state index in [2.05, 4.69) is 15.3 Å². The van der Waals surface area contributed by atoms with Crippen LogP contribution in [0.25, 0.3) is 11.3 Å². The topological polar surface area (TPSA) is 68.9 Å². The molecule has 4 nitrogen and oxygen atoms in total. The van der Waals surface area contributed by atoms with Crippen LogP contribution in [0.5, 0.6) is 0 Å². The molecule has 0 bridgehead atoms. The number of aryl methyl sites for hydroxylation is 1. The number of carbonyl (C=O) groups excluding carboxylic acids is 1. The minimum atomic E-state index is -0.495. The SMILES string of the molecule is Cc1nc(-c2ccc(Cc3cccnc3C(N)=O)cc2)cs1. The molecule has 0 unspecified atom stereocenters. The molecule has 0 fully saturated rings. The van der Waals surface area contributed by atoms with E-state index in [1.54, 1.807) is 17.5 Å². The van der Waals surface area contributed by atoms with Gasteiger partial charge in [0.05, 0.1) is 10.7 Å². The van der Waals surface area contributed by atoms with E-state index in [0.717, 1.165) is 27.4 Å². The molecule has 110 valence electrons. The molecule has 0 radical (unpaired) electrons. The van der Waals surface area contributed by atoms with Gasteiger partial charge >= 0.3 is 0 Å². The van der Waals surface area contributed by atoms with E-state index >= 15 is 0 Å². The molecular formula is C17H15N3OS. The van der Waals surface area contributed by atoms with Gasteiger partial charge < -0.3 is 5.73 Å². The van der Waals surface area contributed by atoms with E-state index in [-0.39, 0.29) is 0 Å². The zero-order valence-corrected chi connectivity index (χ0v) is 12.9. The van der Waals surface area contributed by atoms with Crippen molar-refractivity contribution in [3.63, 3.8) is 0 Å². The van der Waals surface area contributed by atoms with E-state index in [4.69, 9.17) is 5.73 Å². The number of nitrogens with zero attached hydrogens (tertiary/aromatic N) is 2. The average molecular weight is 309 g/mol. The Morgan fingerprint density at radius 1 is 1.23 bits per heavy atom. The predicted molar refractivity (Wildman–Crippen MR) is 87.8 cm³/mol. The summed E-state index contributed by atoms with van der Waals surface area (Å²) in [5.41, 5.74) is 9.73. The monoisotopic (exact) mass is 309 g/mol. The van der Waals surface area contributed by atoms with Crippen LogP contribution in [-0.2, 0) is 6.42 Å². The Morgan fingerprint density at radius 2 is 2.00 bits per heavy atom. The summed E-state index contributed by atoms with van der Waals surface area (Å²) < 4.78 is 0. The third kappa shape index (κ3) is 3.04. The smallest absolute Gasteiger partial charge is 0.267 e. The van der Waals surface area contributed by atoms with Crippen molar-refractivity contribution in [3.05, 3.63) is 69.8 Å². The molecule has 2 N–H and O–H groups in total. The van der Waals surface area contributed by atoms with Crippen LogP contribution in [0.4, 0.5) is 0 Å². The number of pyridine rings is 1. The number of hydrogen-bond donors (Lipinski definition) is 1. The molecule has 0 saturated heterocycles. The molecule has 22 heavy (non-hydrogen) atoms. The van der Waals surface area contributed by atoms with Crippen LogP contribution in [0.1, 0.15) is 26.6 Å². The molecule has 0 saturated carbocycles. The lowest BCUT2D eigenvalue weighted by Crippen LogP contribution is -2.15. The van der Waals surface area contributed by atoms with Crippen LogP contribution in [0.3, 0.4) is 0 Å². The fraction of sp³-hybridized carbons (Fsp3) is 0.118. The normalized spacial score (nSPS) is 10.6. The maximum atomic E-state index is 11.4. The number of nitrogens with two attached hydrogens (primary N) is 1. The highest BCUT2D eigenvalue weighted by atomic mass is 32.1. The highest BCUT2D eigenvalue weighted by molar-refractivity contribution is 7.09. The predicted octanol–water partition coefficient (Wildman–Crippen LogP) is 3.20. The number of thiazole rings is 1. The van der Waals surface area contributed by atoms with Crippen LogP contribution in [0.2, 0.25) is 0 Å². The molecule has 2 heterocycles. The van der Waals surface area contributed by atoms with E-state index < -0.39 is 5.91 Å². The molecule has 0 aliphatic carbocycles. The Labute approximate surface area is 132 Å². The number of amides is 1. The van der Waals surface area contributed by atoms with Crippen LogP contribution < -0.4 is 5.73 Å². The molecule has 5 heteroatoms. The van der Waals surface area contributed by atoms with E-state index in [9.17, 15) is 4.79 Å². The van der Waals surface area contributed by atoms with Gasteiger partial charge in [-0.05, 0) is 30.5 Å². The standard InChI is InChI=1S/C17H15N3OS/c1-11-20-15(10-22-11)13-6-4-12(5-7-13)9-14-3-2-8-19-16(14)17(18)21/h2-8,10H,9H2,1H3,(H2,18,21). The minimum Gasteiger partial charge on any atom is -0.364 e. The van der Waals surface area contributed by atoms with Crippen LogP contribution in [0.15, 0.2) is 48.0 Å². The summed E-state index contributed by atoms with van der Waals surface area (Å²) in [7, 11) is 0. The van der Waals surface area contributed by atoms with Crippen molar-refractivity contribution in [3.8, 4) is 11.3 Å². The quantitative estimate of drug-likeness (QED) is 0.804. The fourth-order valence-electron chi connectivity index (χ4n) is 2.31. The summed E-state index contributed by atoms with van der Waals surface area (Å²) in [6, 6.07) is 11.9. The van der Waals surface area contributed by atoms with Crippen LogP contribution in [-0.4, -0.2) is 15.9 Å². The van der Waals surface area contributed by atoms with E-state index in [1.807, 2.05) is 43.3 Å². The first-order valence-corrected chi connectivity index (χ1v) is 7.76. The van der Waals surface area contributed by atoms with Gasteiger partial charge in [0, 0.05) is 17.1 Å².